The fourth-order valence-electron chi connectivity index (χ4n) is 5.08. The molecule has 45 heavy (non-hydrogen) atoms. The minimum absolute atomic E-state index is 0.225. The fraction of sp³-hybridized carbons (Fsp3) is 0.0857. The van der Waals surface area contributed by atoms with Gasteiger partial charge in [-0.25, -0.2) is 9.38 Å². The molecule has 0 spiro atoms. The molecule has 2 heterocycles. The van der Waals surface area contributed by atoms with Crippen LogP contribution in [0.2, 0.25) is 0 Å². The molecule has 0 aliphatic carbocycles. The van der Waals surface area contributed by atoms with Crippen LogP contribution < -0.4 is 24.9 Å². The topological polar surface area (TPSA) is 96.5 Å². The average molecular weight is 680 g/mol. The molecule has 10 heteroatoms. The Balaban J connectivity index is 1.36. The summed E-state index contributed by atoms with van der Waals surface area (Å²) < 4.78 is 22.5. The maximum Gasteiger partial charge on any atom is 0.271 e. The van der Waals surface area contributed by atoms with Crippen LogP contribution in [0.15, 0.2) is 123 Å². The van der Waals surface area contributed by atoms with Gasteiger partial charge in [0.15, 0.2) is 4.80 Å². The second-order valence-corrected chi connectivity index (χ2v) is 12.1. The molecule has 0 saturated carbocycles. The molecule has 1 N–H and O–H groups in total. The van der Waals surface area contributed by atoms with Crippen molar-refractivity contribution < 1.29 is 13.9 Å². The summed E-state index contributed by atoms with van der Waals surface area (Å²) in [5.41, 5.74) is 3.70. The number of carbonyl (C=O) groups excluding carboxylic acids is 1. The number of hydrogen-bond acceptors (Lipinski definition) is 6. The quantitative estimate of drug-likeness (QED) is 0.221. The molecule has 6 rings (SSSR count). The molecule has 1 aliphatic rings. The highest BCUT2D eigenvalue weighted by atomic mass is 79.9. The van der Waals surface area contributed by atoms with Crippen molar-refractivity contribution in [2.75, 3.05) is 5.32 Å². The molecule has 1 amide bonds. The number of para-hydroxylation sites is 1. The maximum absolute atomic E-state index is 14.0. The normalized spacial score (nSPS) is 14.4. The van der Waals surface area contributed by atoms with Gasteiger partial charge in [0.25, 0.3) is 11.5 Å². The Morgan fingerprint density at radius 2 is 1.82 bits per heavy atom. The number of hydrogen-bond donors (Lipinski definition) is 1. The molecule has 0 saturated heterocycles. The Morgan fingerprint density at radius 1 is 1.09 bits per heavy atom. The fourth-order valence-corrected chi connectivity index (χ4v) is 6.64. The highest BCUT2D eigenvalue weighted by molar-refractivity contribution is 9.10. The van der Waals surface area contributed by atoms with Crippen molar-refractivity contribution in [2.24, 2.45) is 4.99 Å². The van der Waals surface area contributed by atoms with Gasteiger partial charge in [-0.3, -0.25) is 14.2 Å². The van der Waals surface area contributed by atoms with Crippen LogP contribution in [-0.4, -0.2) is 10.5 Å². The summed E-state index contributed by atoms with van der Waals surface area (Å²) in [5.74, 6) is -0.236. The lowest BCUT2D eigenvalue weighted by Gasteiger charge is -2.25. The standard InChI is InChI=1S/C35H24BrFN4O3S/c1-21-31(33(42)40-27-9-3-2-4-10-27)32(23-12-14-26(37)15-13-23)41-34(43)30(45-35(41)39-21)18-22-11-16-29(28(36)17-22)44-20-25-8-6-5-7-24(25)19-38/h2-18,32H,20H2,1H3,(H,40,42). The van der Waals surface area contributed by atoms with Crippen molar-refractivity contribution in [2.45, 2.75) is 19.6 Å². The van der Waals surface area contributed by atoms with E-state index in [9.17, 15) is 19.2 Å². The summed E-state index contributed by atoms with van der Waals surface area (Å²) >= 11 is 4.77. The first-order chi connectivity index (χ1) is 21.8. The third-order valence-corrected chi connectivity index (χ3v) is 8.86. The van der Waals surface area contributed by atoms with Gasteiger partial charge in [-0.1, -0.05) is 65.9 Å². The lowest BCUT2D eigenvalue weighted by molar-refractivity contribution is -0.113. The number of aromatic nitrogens is 1. The van der Waals surface area contributed by atoms with Gasteiger partial charge in [0.1, 0.15) is 18.2 Å². The summed E-state index contributed by atoms with van der Waals surface area (Å²) in [5, 5.41) is 12.3. The first-order valence-electron chi connectivity index (χ1n) is 13.9. The number of nitriles is 1. The number of ether oxygens (including phenoxy) is 1. The van der Waals surface area contributed by atoms with E-state index in [1.807, 2.05) is 42.5 Å². The summed E-state index contributed by atoms with van der Waals surface area (Å²) in [4.78, 5) is 32.7. The van der Waals surface area contributed by atoms with Crippen LogP contribution in [0.25, 0.3) is 6.08 Å². The van der Waals surface area contributed by atoms with E-state index in [4.69, 9.17) is 4.74 Å². The van der Waals surface area contributed by atoms with Crippen molar-refractivity contribution >= 4 is 44.9 Å². The second-order valence-electron chi connectivity index (χ2n) is 10.2. The lowest BCUT2D eigenvalue weighted by Crippen LogP contribution is -2.40. The summed E-state index contributed by atoms with van der Waals surface area (Å²) in [6.07, 6.45) is 1.76. The van der Waals surface area contributed by atoms with Gasteiger partial charge < -0.3 is 10.1 Å². The Hall–Kier alpha value is -5.11. The van der Waals surface area contributed by atoms with Gasteiger partial charge in [-0.15, -0.1) is 0 Å². The zero-order valence-electron chi connectivity index (χ0n) is 23.8. The Morgan fingerprint density at radius 3 is 2.56 bits per heavy atom. The molecule has 1 unspecified atom stereocenters. The van der Waals surface area contributed by atoms with Gasteiger partial charge in [-0.2, -0.15) is 5.26 Å². The zero-order chi connectivity index (χ0) is 31.5. The Labute approximate surface area is 270 Å². The molecule has 4 aromatic carbocycles. The number of nitrogens with one attached hydrogen (secondary N) is 1. The minimum atomic E-state index is -0.813. The number of carbonyl (C=O) groups is 1. The molecule has 0 fully saturated rings. The summed E-state index contributed by atoms with van der Waals surface area (Å²) in [6.45, 7) is 1.96. The number of thiazole rings is 1. The average Bonchev–Trinajstić information content (AvgIpc) is 3.34. The Kier molecular flexibility index (Phi) is 8.56. The lowest BCUT2D eigenvalue weighted by atomic mass is 9.95. The number of halogens is 2. The van der Waals surface area contributed by atoms with Crippen LogP contribution in [-0.2, 0) is 11.4 Å². The predicted octanol–water partition coefficient (Wildman–Crippen LogP) is 6.23. The van der Waals surface area contributed by atoms with Crippen molar-refractivity contribution in [3.8, 4) is 11.8 Å². The number of rotatable bonds is 7. The third kappa shape index (κ3) is 6.27. The van der Waals surface area contributed by atoms with E-state index in [-0.39, 0.29) is 12.2 Å². The van der Waals surface area contributed by atoms with Crippen molar-refractivity contribution in [1.29, 1.82) is 5.26 Å². The summed E-state index contributed by atoms with van der Waals surface area (Å²) in [6, 6.07) is 28.9. The molecule has 1 atom stereocenters. The molecule has 222 valence electrons. The zero-order valence-corrected chi connectivity index (χ0v) is 26.2. The smallest absolute Gasteiger partial charge is 0.271 e. The highest BCUT2D eigenvalue weighted by Gasteiger charge is 2.32. The monoisotopic (exact) mass is 678 g/mol. The van der Waals surface area contributed by atoms with Gasteiger partial charge in [0.05, 0.1) is 37.9 Å². The Bertz CT molecular complexity index is 2190. The maximum atomic E-state index is 14.0. The van der Waals surface area contributed by atoms with Gasteiger partial charge in [-0.05, 0) is 82.5 Å². The van der Waals surface area contributed by atoms with Crippen LogP contribution in [0, 0.1) is 17.1 Å². The number of amides is 1. The van der Waals surface area contributed by atoms with Crippen LogP contribution in [0.5, 0.6) is 5.75 Å². The van der Waals surface area contributed by atoms with Crippen molar-refractivity contribution in [3.05, 3.63) is 161 Å². The van der Waals surface area contributed by atoms with Crippen LogP contribution in [0.4, 0.5) is 10.1 Å². The number of anilines is 1. The van der Waals surface area contributed by atoms with E-state index < -0.39 is 17.8 Å². The van der Waals surface area contributed by atoms with E-state index in [2.05, 4.69) is 32.3 Å². The molecule has 0 bridgehead atoms. The van der Waals surface area contributed by atoms with Crippen LogP contribution in [0.1, 0.15) is 35.2 Å². The van der Waals surface area contributed by atoms with E-state index in [0.717, 1.165) is 11.1 Å². The van der Waals surface area contributed by atoms with Gasteiger partial charge in [0, 0.05) is 11.3 Å². The number of nitrogens with zero attached hydrogens (tertiary/aromatic N) is 3. The van der Waals surface area contributed by atoms with Crippen molar-refractivity contribution in [1.82, 2.24) is 4.57 Å². The van der Waals surface area contributed by atoms with Gasteiger partial charge in [0.2, 0.25) is 0 Å². The van der Waals surface area contributed by atoms with Crippen LogP contribution in [0.3, 0.4) is 0 Å². The highest BCUT2D eigenvalue weighted by Crippen LogP contribution is 2.31. The van der Waals surface area contributed by atoms with Crippen LogP contribution >= 0.6 is 27.3 Å². The SMILES string of the molecule is CC1=C(C(=O)Nc2ccccc2)C(c2ccc(F)cc2)n2c(sc(=Cc3ccc(OCc4ccccc4C#N)c(Br)c3)c2=O)=N1. The van der Waals surface area contributed by atoms with E-state index in [0.29, 0.717) is 47.6 Å². The molecule has 0 radical (unpaired) electrons. The van der Waals surface area contributed by atoms with E-state index in [1.54, 1.807) is 55.5 Å². The van der Waals surface area contributed by atoms with Crippen molar-refractivity contribution in [3.63, 3.8) is 0 Å². The molecule has 5 aromatic rings. The number of benzene rings is 4. The van der Waals surface area contributed by atoms with E-state index in [1.165, 1.54) is 28.0 Å². The summed E-state index contributed by atoms with van der Waals surface area (Å²) in [7, 11) is 0. The number of fused-ring (bicyclic) bond motifs is 1. The van der Waals surface area contributed by atoms with E-state index >= 15 is 0 Å². The first-order valence-corrected chi connectivity index (χ1v) is 15.5. The van der Waals surface area contributed by atoms with Gasteiger partial charge >= 0.3 is 0 Å². The molecular weight excluding hydrogens is 655 g/mol. The predicted molar refractivity (Wildman–Crippen MR) is 175 cm³/mol. The third-order valence-electron chi connectivity index (χ3n) is 7.26. The molecular formula is C35H24BrFN4O3S. The molecule has 1 aromatic heterocycles. The first kappa shape index (κ1) is 29.9. The minimum Gasteiger partial charge on any atom is -0.488 e. The number of allylic oxidation sites excluding steroid dienone is 1. The molecule has 7 nitrogen and oxygen atoms in total. The largest absolute Gasteiger partial charge is 0.488 e. The second kappa shape index (κ2) is 12.9. The molecule has 1 aliphatic heterocycles.